The molecule has 4 aromatic rings. The van der Waals surface area contributed by atoms with Crippen LogP contribution in [0.3, 0.4) is 0 Å². The minimum absolute atomic E-state index is 0.332. The first-order valence-electron chi connectivity index (χ1n) is 11.1. The van der Waals surface area contributed by atoms with Crippen molar-refractivity contribution < 1.29 is 22.0 Å². The molecule has 0 bridgehead atoms. The van der Waals surface area contributed by atoms with Gasteiger partial charge in [-0.15, -0.1) is 0 Å². The summed E-state index contributed by atoms with van der Waals surface area (Å²) in [6, 6.07) is 7.76. The molecule has 1 aliphatic heterocycles. The van der Waals surface area contributed by atoms with Crippen LogP contribution in [0.4, 0.5) is 27.6 Å². The summed E-state index contributed by atoms with van der Waals surface area (Å²) in [6.45, 7) is 3.23. The minimum atomic E-state index is -2.16. The van der Waals surface area contributed by atoms with Gasteiger partial charge in [0.1, 0.15) is 0 Å². The van der Waals surface area contributed by atoms with Gasteiger partial charge in [-0.25, -0.2) is 22.0 Å². The third kappa shape index (κ3) is 3.68. The van der Waals surface area contributed by atoms with Crippen molar-refractivity contribution in [1.29, 1.82) is 0 Å². The number of aromatic nitrogens is 2. The largest absolute Gasteiger partial charge is 0.382 e. The van der Waals surface area contributed by atoms with Crippen molar-refractivity contribution in [3.05, 3.63) is 70.8 Å². The third-order valence-electron chi connectivity index (χ3n) is 6.66. The first-order valence-corrected chi connectivity index (χ1v) is 11.1. The Balaban J connectivity index is 1.63. The zero-order chi connectivity index (χ0) is 24.1. The van der Waals surface area contributed by atoms with E-state index in [-0.39, 0.29) is 0 Å². The highest BCUT2D eigenvalue weighted by molar-refractivity contribution is 6.09. The van der Waals surface area contributed by atoms with Gasteiger partial charge in [0.15, 0.2) is 23.3 Å². The van der Waals surface area contributed by atoms with Crippen molar-refractivity contribution >= 4 is 27.5 Å². The fraction of sp³-hybridized carbons (Fsp3) is 0.320. The monoisotopic (exact) mass is 474 g/mol. The Kier molecular flexibility index (Phi) is 5.67. The van der Waals surface area contributed by atoms with Gasteiger partial charge >= 0.3 is 0 Å². The highest BCUT2D eigenvalue weighted by Gasteiger charge is 2.27. The number of anilines is 1. The molecule has 0 aliphatic carbocycles. The van der Waals surface area contributed by atoms with Crippen molar-refractivity contribution in [1.82, 2.24) is 14.5 Å². The second-order valence-electron chi connectivity index (χ2n) is 8.88. The molecule has 0 unspecified atom stereocenters. The number of nitrogens with one attached hydrogen (secondary N) is 1. The van der Waals surface area contributed by atoms with E-state index in [2.05, 4.69) is 22.2 Å². The van der Waals surface area contributed by atoms with Crippen LogP contribution in [0.5, 0.6) is 0 Å². The van der Waals surface area contributed by atoms with Gasteiger partial charge in [0, 0.05) is 39.8 Å². The number of likely N-dealkylation sites (tertiary alicyclic amines) is 1. The van der Waals surface area contributed by atoms with E-state index in [1.807, 2.05) is 12.1 Å². The van der Waals surface area contributed by atoms with E-state index in [9.17, 15) is 22.0 Å². The normalized spacial score (nSPS) is 15.5. The van der Waals surface area contributed by atoms with E-state index in [1.54, 1.807) is 29.8 Å². The van der Waals surface area contributed by atoms with E-state index < -0.39 is 41.2 Å². The molecule has 2 aromatic heterocycles. The zero-order valence-electron chi connectivity index (χ0n) is 18.7. The van der Waals surface area contributed by atoms with Crippen LogP contribution < -0.4 is 5.32 Å². The second-order valence-corrected chi connectivity index (χ2v) is 8.88. The number of aryl methyl sites for hydroxylation is 1. The van der Waals surface area contributed by atoms with Gasteiger partial charge in [-0.1, -0.05) is 0 Å². The van der Waals surface area contributed by atoms with Crippen molar-refractivity contribution in [2.24, 2.45) is 0 Å². The SMILES string of the molecule is Cc1nccc2c3cc(NC4CCN(C)CC4)ccc3n(Cc3c(F)c(F)c(F)c(F)c3F)c12. The number of nitrogens with zero attached hydrogens (tertiary/aromatic N) is 3. The first kappa shape index (κ1) is 22.6. The van der Waals surface area contributed by atoms with E-state index in [1.165, 1.54) is 0 Å². The quantitative estimate of drug-likeness (QED) is 0.232. The molecule has 0 spiro atoms. The molecule has 1 saturated heterocycles. The maximum Gasteiger partial charge on any atom is 0.200 e. The van der Waals surface area contributed by atoms with E-state index >= 15 is 0 Å². The molecule has 3 heterocycles. The van der Waals surface area contributed by atoms with Crippen molar-refractivity contribution in [3.8, 4) is 0 Å². The minimum Gasteiger partial charge on any atom is -0.382 e. The first-order chi connectivity index (χ1) is 16.3. The number of hydrogen-bond acceptors (Lipinski definition) is 3. The molecule has 1 aliphatic rings. The fourth-order valence-corrected chi connectivity index (χ4v) is 4.81. The van der Waals surface area contributed by atoms with E-state index in [0.29, 0.717) is 22.8 Å². The van der Waals surface area contributed by atoms with E-state index in [4.69, 9.17) is 0 Å². The zero-order valence-corrected chi connectivity index (χ0v) is 18.7. The van der Waals surface area contributed by atoms with Crippen molar-refractivity contribution in [3.63, 3.8) is 0 Å². The summed E-state index contributed by atoms with van der Waals surface area (Å²) >= 11 is 0. The maximum absolute atomic E-state index is 14.5. The molecular weight excluding hydrogens is 451 g/mol. The highest BCUT2D eigenvalue weighted by Crippen LogP contribution is 2.34. The second kappa shape index (κ2) is 8.54. The molecule has 178 valence electrons. The molecule has 0 saturated carbocycles. The average Bonchev–Trinajstić information content (AvgIpc) is 3.15. The Morgan fingerprint density at radius 1 is 0.912 bits per heavy atom. The summed E-state index contributed by atoms with van der Waals surface area (Å²) in [5.74, 6) is -9.71. The molecule has 0 amide bonds. The number of rotatable bonds is 4. The van der Waals surface area contributed by atoms with Crippen molar-refractivity contribution in [2.75, 3.05) is 25.5 Å². The van der Waals surface area contributed by atoms with Crippen LogP contribution >= 0.6 is 0 Å². The Labute approximate surface area is 193 Å². The summed E-state index contributed by atoms with van der Waals surface area (Å²) < 4.78 is 71.8. The summed E-state index contributed by atoms with van der Waals surface area (Å²) in [5, 5.41) is 5.16. The van der Waals surface area contributed by atoms with Gasteiger partial charge in [0.05, 0.1) is 17.8 Å². The summed E-state index contributed by atoms with van der Waals surface area (Å²) in [5.41, 5.74) is 1.81. The number of halogens is 5. The highest BCUT2D eigenvalue weighted by atomic mass is 19.2. The predicted molar refractivity (Wildman–Crippen MR) is 121 cm³/mol. The van der Waals surface area contributed by atoms with Crippen LogP contribution in [-0.4, -0.2) is 40.6 Å². The van der Waals surface area contributed by atoms with Gasteiger partial charge in [0.25, 0.3) is 0 Å². The molecule has 34 heavy (non-hydrogen) atoms. The van der Waals surface area contributed by atoms with Crippen LogP contribution in [0.25, 0.3) is 21.8 Å². The van der Waals surface area contributed by atoms with Gasteiger partial charge in [0.2, 0.25) is 5.82 Å². The Hall–Kier alpha value is -3.20. The number of piperidine rings is 1. The van der Waals surface area contributed by atoms with Gasteiger partial charge in [-0.3, -0.25) is 4.98 Å². The lowest BCUT2D eigenvalue weighted by Gasteiger charge is -2.30. The summed E-state index contributed by atoms with van der Waals surface area (Å²) in [6.07, 6.45) is 3.66. The van der Waals surface area contributed by atoms with E-state index in [0.717, 1.165) is 42.4 Å². The van der Waals surface area contributed by atoms with Crippen LogP contribution in [0, 0.1) is 36.0 Å². The molecule has 0 atom stereocenters. The molecule has 1 N–H and O–H groups in total. The van der Waals surface area contributed by atoms with Crippen LogP contribution in [-0.2, 0) is 6.54 Å². The average molecular weight is 474 g/mol. The number of pyridine rings is 1. The molecule has 9 heteroatoms. The van der Waals surface area contributed by atoms with Crippen molar-refractivity contribution in [2.45, 2.75) is 32.4 Å². The molecular formula is C25H23F5N4. The topological polar surface area (TPSA) is 33.1 Å². The fourth-order valence-electron chi connectivity index (χ4n) is 4.81. The summed E-state index contributed by atoms with van der Waals surface area (Å²) in [4.78, 5) is 6.57. The van der Waals surface area contributed by atoms with Crippen LogP contribution in [0.2, 0.25) is 0 Å². The molecule has 2 aromatic carbocycles. The van der Waals surface area contributed by atoms with Crippen LogP contribution in [0.15, 0.2) is 30.5 Å². The van der Waals surface area contributed by atoms with Gasteiger partial charge in [-0.05, 0) is 64.2 Å². The Morgan fingerprint density at radius 2 is 1.56 bits per heavy atom. The molecule has 0 radical (unpaired) electrons. The third-order valence-corrected chi connectivity index (χ3v) is 6.66. The molecule has 5 rings (SSSR count). The molecule has 4 nitrogen and oxygen atoms in total. The van der Waals surface area contributed by atoms with Gasteiger partial charge in [-0.2, -0.15) is 0 Å². The standard InChI is InChI=1S/C25H23F5N4/c1-13-25-16(5-8-31-13)17-11-15(32-14-6-9-33(2)10-7-14)3-4-19(17)34(25)12-18-20(26)22(28)24(30)23(29)21(18)27/h3-5,8,11,14,32H,6-7,9-10,12H2,1-2H3. The smallest absolute Gasteiger partial charge is 0.200 e. The lowest BCUT2D eigenvalue weighted by Crippen LogP contribution is -2.36. The molecule has 1 fully saturated rings. The number of hydrogen-bond donors (Lipinski definition) is 1. The lowest BCUT2D eigenvalue weighted by molar-refractivity contribution is 0.264. The Bertz CT molecular complexity index is 1380. The predicted octanol–water partition coefficient (Wildman–Crippen LogP) is 5.75. The number of fused-ring (bicyclic) bond motifs is 3. The van der Waals surface area contributed by atoms with Crippen LogP contribution in [0.1, 0.15) is 24.1 Å². The summed E-state index contributed by atoms with van der Waals surface area (Å²) in [7, 11) is 2.10. The number of benzene rings is 2. The lowest BCUT2D eigenvalue weighted by atomic mass is 10.0. The Morgan fingerprint density at radius 3 is 2.24 bits per heavy atom. The van der Waals surface area contributed by atoms with Gasteiger partial charge < -0.3 is 14.8 Å². The maximum atomic E-state index is 14.5.